The summed E-state index contributed by atoms with van der Waals surface area (Å²) in [5, 5.41) is 8.48. The van der Waals surface area contributed by atoms with Crippen LogP contribution in [0, 0.1) is 0 Å². The monoisotopic (exact) mass is 313 g/mol. The van der Waals surface area contributed by atoms with Crippen LogP contribution in [0.1, 0.15) is 38.8 Å². The highest BCUT2D eigenvalue weighted by Gasteiger charge is 2.34. The van der Waals surface area contributed by atoms with E-state index in [0.717, 1.165) is 54.8 Å². The molecule has 1 saturated heterocycles. The van der Waals surface area contributed by atoms with Gasteiger partial charge in [-0.2, -0.15) is 5.10 Å². The second kappa shape index (κ2) is 5.60. The van der Waals surface area contributed by atoms with E-state index in [1.807, 2.05) is 11.0 Å². The number of H-pyrrole nitrogens is 1. The van der Waals surface area contributed by atoms with Crippen LogP contribution in [-0.2, 0) is 11.2 Å². The molecule has 1 N–H and O–H groups in total. The van der Waals surface area contributed by atoms with Crippen molar-refractivity contribution in [1.29, 1.82) is 0 Å². The molecule has 6 nitrogen and oxygen atoms in total. The standard InChI is InChI=1S/C17H23N5O/c1-11(2)21-9-6-12(7-10-21)22-15(23)4-3-13-16-14(20-19-13)5-8-18-17(16)22/h5,8,11-12H,3-4,6-7,9-10H2,1-2H3,(H,19,20). The van der Waals surface area contributed by atoms with Gasteiger partial charge in [0.15, 0.2) is 0 Å². The molecule has 23 heavy (non-hydrogen) atoms. The van der Waals surface area contributed by atoms with Crippen LogP contribution in [0.15, 0.2) is 12.3 Å². The van der Waals surface area contributed by atoms with Gasteiger partial charge in [-0.3, -0.25) is 14.8 Å². The van der Waals surface area contributed by atoms with Crippen molar-refractivity contribution < 1.29 is 4.79 Å². The normalized spacial score (nSPS) is 20.5. The minimum atomic E-state index is 0.192. The van der Waals surface area contributed by atoms with Gasteiger partial charge in [-0.25, -0.2) is 4.98 Å². The van der Waals surface area contributed by atoms with Crippen molar-refractivity contribution in [3.63, 3.8) is 0 Å². The van der Waals surface area contributed by atoms with Gasteiger partial charge in [0.25, 0.3) is 0 Å². The van der Waals surface area contributed by atoms with Crippen LogP contribution in [0.5, 0.6) is 0 Å². The van der Waals surface area contributed by atoms with Gasteiger partial charge >= 0.3 is 0 Å². The Bertz CT molecular complexity index is 730. The summed E-state index contributed by atoms with van der Waals surface area (Å²) in [6.45, 7) is 6.55. The van der Waals surface area contributed by atoms with Crippen molar-refractivity contribution in [3.05, 3.63) is 18.0 Å². The lowest BCUT2D eigenvalue weighted by atomic mass is 10.0. The third-order valence-corrected chi connectivity index (χ3v) is 5.20. The van der Waals surface area contributed by atoms with E-state index in [4.69, 9.17) is 0 Å². The average Bonchev–Trinajstić information content (AvgIpc) is 2.91. The van der Waals surface area contributed by atoms with Gasteiger partial charge in [0, 0.05) is 43.5 Å². The second-order valence-corrected chi connectivity index (χ2v) is 6.86. The summed E-state index contributed by atoms with van der Waals surface area (Å²) in [5.41, 5.74) is 1.95. The van der Waals surface area contributed by atoms with Crippen molar-refractivity contribution in [3.8, 4) is 0 Å². The van der Waals surface area contributed by atoms with Gasteiger partial charge in [0.2, 0.25) is 5.91 Å². The number of hydrogen-bond donors (Lipinski definition) is 1. The third-order valence-electron chi connectivity index (χ3n) is 5.20. The lowest BCUT2D eigenvalue weighted by molar-refractivity contribution is -0.119. The first-order valence-corrected chi connectivity index (χ1v) is 8.53. The van der Waals surface area contributed by atoms with Gasteiger partial charge in [0.1, 0.15) is 5.82 Å². The number of hydrogen-bond acceptors (Lipinski definition) is 4. The van der Waals surface area contributed by atoms with Gasteiger partial charge in [-0.1, -0.05) is 0 Å². The number of anilines is 1. The van der Waals surface area contributed by atoms with Crippen molar-refractivity contribution in [2.75, 3.05) is 18.0 Å². The Labute approximate surface area is 135 Å². The molecule has 0 radical (unpaired) electrons. The number of aryl methyl sites for hydroxylation is 1. The zero-order valence-corrected chi connectivity index (χ0v) is 13.7. The van der Waals surface area contributed by atoms with E-state index in [1.165, 1.54) is 0 Å². The van der Waals surface area contributed by atoms with Gasteiger partial charge in [-0.15, -0.1) is 0 Å². The van der Waals surface area contributed by atoms with Crippen LogP contribution in [0.2, 0.25) is 0 Å². The molecule has 122 valence electrons. The number of nitrogens with one attached hydrogen (secondary N) is 1. The number of rotatable bonds is 2. The van der Waals surface area contributed by atoms with Crippen LogP contribution in [0.25, 0.3) is 10.9 Å². The number of piperidine rings is 1. The van der Waals surface area contributed by atoms with E-state index in [2.05, 4.69) is 33.9 Å². The molecule has 1 fully saturated rings. The Balaban J connectivity index is 1.69. The summed E-state index contributed by atoms with van der Waals surface area (Å²) < 4.78 is 0. The molecule has 6 heteroatoms. The molecule has 0 aliphatic carbocycles. The lowest BCUT2D eigenvalue weighted by Crippen LogP contribution is -2.49. The maximum absolute atomic E-state index is 12.8. The Morgan fingerprint density at radius 2 is 2.04 bits per heavy atom. The second-order valence-electron chi connectivity index (χ2n) is 6.86. The first kappa shape index (κ1) is 14.6. The number of pyridine rings is 1. The van der Waals surface area contributed by atoms with E-state index in [-0.39, 0.29) is 11.9 Å². The first-order valence-electron chi connectivity index (χ1n) is 8.53. The Hall–Kier alpha value is -1.95. The minimum Gasteiger partial charge on any atom is -0.301 e. The fraction of sp³-hybridized carbons (Fsp3) is 0.588. The highest BCUT2D eigenvalue weighted by atomic mass is 16.2. The Kier molecular flexibility index (Phi) is 3.56. The maximum atomic E-state index is 12.8. The molecule has 0 bridgehead atoms. The van der Waals surface area contributed by atoms with Crippen LogP contribution in [-0.4, -0.2) is 51.2 Å². The Morgan fingerprint density at radius 1 is 1.26 bits per heavy atom. The van der Waals surface area contributed by atoms with E-state index >= 15 is 0 Å². The third kappa shape index (κ3) is 2.41. The molecule has 2 aromatic rings. The molecule has 0 spiro atoms. The largest absolute Gasteiger partial charge is 0.301 e. The number of carbonyl (C=O) groups excluding carboxylic acids is 1. The van der Waals surface area contributed by atoms with Crippen molar-refractivity contribution >= 4 is 22.6 Å². The zero-order valence-electron chi connectivity index (χ0n) is 13.7. The molecule has 0 saturated carbocycles. The fourth-order valence-corrected chi connectivity index (χ4v) is 3.88. The number of aromatic amines is 1. The Morgan fingerprint density at radius 3 is 2.78 bits per heavy atom. The van der Waals surface area contributed by atoms with Crippen LogP contribution in [0.4, 0.5) is 5.82 Å². The molecule has 0 aromatic carbocycles. The highest BCUT2D eigenvalue weighted by Crippen LogP contribution is 2.34. The molecular weight excluding hydrogens is 290 g/mol. The maximum Gasteiger partial charge on any atom is 0.228 e. The fourth-order valence-electron chi connectivity index (χ4n) is 3.88. The number of amides is 1. The molecule has 0 unspecified atom stereocenters. The van der Waals surface area contributed by atoms with Gasteiger partial charge < -0.3 is 4.90 Å². The van der Waals surface area contributed by atoms with Crippen LogP contribution in [0.3, 0.4) is 0 Å². The molecule has 0 atom stereocenters. The molecular formula is C17H23N5O. The van der Waals surface area contributed by atoms with Crippen LogP contribution < -0.4 is 4.90 Å². The highest BCUT2D eigenvalue weighted by molar-refractivity contribution is 6.04. The lowest BCUT2D eigenvalue weighted by Gasteiger charge is -2.39. The number of aromatic nitrogens is 3. The summed E-state index contributed by atoms with van der Waals surface area (Å²) in [6.07, 6.45) is 5.02. The van der Waals surface area contributed by atoms with Gasteiger partial charge in [0.05, 0.1) is 10.9 Å². The molecule has 2 aliphatic heterocycles. The summed E-state index contributed by atoms with van der Waals surface area (Å²) in [5.74, 6) is 0.995. The molecule has 2 aromatic heterocycles. The topological polar surface area (TPSA) is 65.1 Å². The van der Waals surface area contributed by atoms with E-state index in [9.17, 15) is 4.79 Å². The minimum absolute atomic E-state index is 0.192. The molecule has 4 heterocycles. The summed E-state index contributed by atoms with van der Waals surface area (Å²) in [7, 11) is 0. The smallest absolute Gasteiger partial charge is 0.228 e. The molecule has 4 rings (SSSR count). The summed E-state index contributed by atoms with van der Waals surface area (Å²) in [4.78, 5) is 21.8. The zero-order chi connectivity index (χ0) is 16.0. The van der Waals surface area contributed by atoms with Crippen molar-refractivity contribution in [2.45, 2.75) is 51.6 Å². The molecule has 2 aliphatic rings. The van der Waals surface area contributed by atoms with E-state index < -0.39 is 0 Å². The number of carbonyl (C=O) groups is 1. The van der Waals surface area contributed by atoms with Gasteiger partial charge in [-0.05, 0) is 39.2 Å². The van der Waals surface area contributed by atoms with E-state index in [0.29, 0.717) is 12.5 Å². The summed E-state index contributed by atoms with van der Waals surface area (Å²) in [6, 6.07) is 2.73. The quantitative estimate of drug-likeness (QED) is 0.922. The number of likely N-dealkylation sites (tertiary alicyclic amines) is 1. The first-order chi connectivity index (χ1) is 11.1. The van der Waals surface area contributed by atoms with Crippen LogP contribution >= 0.6 is 0 Å². The SMILES string of the molecule is CC(C)N1CCC(N2C(=O)CCc3[nH]nc4ccnc2c34)CC1. The summed E-state index contributed by atoms with van der Waals surface area (Å²) >= 11 is 0. The van der Waals surface area contributed by atoms with E-state index in [1.54, 1.807) is 6.20 Å². The predicted molar refractivity (Wildman–Crippen MR) is 89.4 cm³/mol. The van der Waals surface area contributed by atoms with Crippen molar-refractivity contribution in [2.24, 2.45) is 0 Å². The number of nitrogens with zero attached hydrogens (tertiary/aromatic N) is 4. The average molecular weight is 313 g/mol. The van der Waals surface area contributed by atoms with Crippen molar-refractivity contribution in [1.82, 2.24) is 20.1 Å². The predicted octanol–water partition coefficient (Wildman–Crippen LogP) is 2.11. The molecule has 1 amide bonds.